The molecular weight excluding hydrogens is 380 g/mol. The third kappa shape index (κ3) is 7.53. The van der Waals surface area contributed by atoms with Gasteiger partial charge in [-0.25, -0.2) is 4.98 Å². The number of carbonyl (C=O) groups is 4. The maximum atomic E-state index is 12.9. The summed E-state index contributed by atoms with van der Waals surface area (Å²) >= 11 is 0. The second-order valence-corrected chi connectivity index (χ2v) is 7.07. The molecule has 5 atom stereocenters. The first-order valence-corrected chi connectivity index (χ1v) is 9.43. The summed E-state index contributed by atoms with van der Waals surface area (Å²) < 4.78 is 0. The summed E-state index contributed by atoms with van der Waals surface area (Å²) in [7, 11) is 0. The number of H-pyrrole nitrogens is 1. The number of carboxylic acid groups (broad SMARTS) is 1. The highest BCUT2D eigenvalue weighted by Crippen LogP contribution is 2.10. The Morgan fingerprint density at radius 3 is 2.24 bits per heavy atom. The molecule has 0 saturated carbocycles. The average molecular weight is 410 g/mol. The minimum absolute atomic E-state index is 0.0678. The topological polar surface area (TPSA) is 179 Å². The van der Waals surface area contributed by atoms with Crippen LogP contribution in [0.1, 0.15) is 39.8 Å². The summed E-state index contributed by atoms with van der Waals surface area (Å²) in [6.07, 6.45) is 3.59. The molecular formula is C18H30N6O5. The first-order chi connectivity index (χ1) is 13.6. The van der Waals surface area contributed by atoms with Crippen LogP contribution >= 0.6 is 0 Å². The van der Waals surface area contributed by atoms with Gasteiger partial charge in [0.25, 0.3) is 0 Å². The maximum Gasteiger partial charge on any atom is 0.325 e. The first kappa shape index (κ1) is 24.1. The van der Waals surface area contributed by atoms with Gasteiger partial charge in [0.2, 0.25) is 17.7 Å². The fourth-order valence-corrected chi connectivity index (χ4v) is 2.45. The second-order valence-electron chi connectivity index (χ2n) is 7.07. The molecule has 0 saturated heterocycles. The van der Waals surface area contributed by atoms with Gasteiger partial charge in [-0.15, -0.1) is 0 Å². The molecule has 0 aliphatic carbocycles. The van der Waals surface area contributed by atoms with E-state index in [-0.39, 0.29) is 12.3 Å². The molecule has 0 aliphatic heterocycles. The number of rotatable bonds is 11. The van der Waals surface area contributed by atoms with Gasteiger partial charge >= 0.3 is 5.97 Å². The van der Waals surface area contributed by atoms with E-state index in [0.717, 1.165) is 0 Å². The number of amides is 3. The van der Waals surface area contributed by atoms with Crippen LogP contribution in [-0.2, 0) is 25.6 Å². The van der Waals surface area contributed by atoms with Gasteiger partial charge in [0.15, 0.2) is 0 Å². The smallest absolute Gasteiger partial charge is 0.325 e. The van der Waals surface area contributed by atoms with Crippen LogP contribution in [0.2, 0.25) is 0 Å². The van der Waals surface area contributed by atoms with Crippen LogP contribution in [-0.4, -0.2) is 62.9 Å². The van der Waals surface area contributed by atoms with Crippen LogP contribution in [0.4, 0.5) is 0 Å². The van der Waals surface area contributed by atoms with Crippen LogP contribution in [0, 0.1) is 5.92 Å². The number of nitrogens with two attached hydrogens (primary N) is 1. The van der Waals surface area contributed by atoms with Crippen molar-refractivity contribution in [2.45, 2.75) is 64.7 Å². The van der Waals surface area contributed by atoms with Gasteiger partial charge in [-0.3, -0.25) is 19.2 Å². The molecule has 0 aromatic carbocycles. The van der Waals surface area contributed by atoms with Crippen LogP contribution in [0.25, 0.3) is 0 Å². The van der Waals surface area contributed by atoms with Crippen LogP contribution < -0.4 is 21.7 Å². The Bertz CT molecular complexity index is 706. The molecule has 162 valence electrons. The van der Waals surface area contributed by atoms with Gasteiger partial charge in [0, 0.05) is 18.3 Å². The Morgan fingerprint density at radius 1 is 1.10 bits per heavy atom. The van der Waals surface area contributed by atoms with Crippen molar-refractivity contribution in [3.63, 3.8) is 0 Å². The Hall–Kier alpha value is -2.95. The molecule has 11 heteroatoms. The summed E-state index contributed by atoms with van der Waals surface area (Å²) in [5.74, 6) is -3.13. The van der Waals surface area contributed by atoms with Crippen molar-refractivity contribution in [1.82, 2.24) is 25.9 Å². The van der Waals surface area contributed by atoms with E-state index in [1.165, 1.54) is 26.4 Å². The Labute approximate surface area is 169 Å². The average Bonchev–Trinajstić information content (AvgIpc) is 3.17. The molecule has 1 aromatic heterocycles. The van der Waals surface area contributed by atoms with Gasteiger partial charge in [0.05, 0.1) is 12.4 Å². The molecule has 7 N–H and O–H groups in total. The summed E-state index contributed by atoms with van der Waals surface area (Å²) in [6.45, 7) is 6.48. The summed E-state index contributed by atoms with van der Waals surface area (Å²) in [4.78, 5) is 55.2. The molecule has 29 heavy (non-hydrogen) atoms. The standard InChI is InChI=1S/C18H30N6O5/c1-5-9(2)14(24-15(25)10(3)19)17(27)23-13(6-12-7-20-8-21-12)16(26)22-11(4)18(28)29/h7-11,13-14H,5-6,19H2,1-4H3,(H,20,21)(H,22,26)(H,23,27)(H,24,25)(H,28,29). The lowest BCUT2D eigenvalue weighted by molar-refractivity contribution is -0.141. The quantitative estimate of drug-likeness (QED) is 0.268. The maximum absolute atomic E-state index is 12.9. The normalized spacial score (nSPS) is 16.0. The van der Waals surface area contributed by atoms with E-state index in [1.807, 2.05) is 6.92 Å². The van der Waals surface area contributed by atoms with E-state index in [1.54, 1.807) is 6.92 Å². The summed E-state index contributed by atoms with van der Waals surface area (Å²) in [5.41, 5.74) is 6.15. The molecule has 0 spiro atoms. The van der Waals surface area contributed by atoms with E-state index in [9.17, 15) is 19.2 Å². The first-order valence-electron chi connectivity index (χ1n) is 9.43. The van der Waals surface area contributed by atoms with Crippen molar-refractivity contribution in [3.8, 4) is 0 Å². The summed E-state index contributed by atoms with van der Waals surface area (Å²) in [5, 5.41) is 16.6. The predicted octanol–water partition coefficient (Wildman–Crippen LogP) is -1.10. The third-order valence-electron chi connectivity index (χ3n) is 4.55. The summed E-state index contributed by atoms with van der Waals surface area (Å²) in [6, 6.07) is -3.89. The molecule has 1 aromatic rings. The van der Waals surface area contributed by atoms with Crippen molar-refractivity contribution in [3.05, 3.63) is 18.2 Å². The molecule has 0 bridgehead atoms. The van der Waals surface area contributed by atoms with Crippen molar-refractivity contribution in [2.24, 2.45) is 11.7 Å². The number of aromatic amines is 1. The van der Waals surface area contributed by atoms with E-state index in [2.05, 4.69) is 25.9 Å². The van der Waals surface area contributed by atoms with Crippen molar-refractivity contribution in [2.75, 3.05) is 0 Å². The lowest BCUT2D eigenvalue weighted by Gasteiger charge is -2.27. The number of hydrogen-bond donors (Lipinski definition) is 6. The molecule has 1 heterocycles. The second kappa shape index (κ2) is 11.1. The van der Waals surface area contributed by atoms with E-state index in [0.29, 0.717) is 12.1 Å². The van der Waals surface area contributed by atoms with Crippen molar-refractivity contribution >= 4 is 23.7 Å². The Kier molecular flexibility index (Phi) is 9.26. The Morgan fingerprint density at radius 2 is 1.76 bits per heavy atom. The highest BCUT2D eigenvalue weighted by Gasteiger charge is 2.31. The SMILES string of the molecule is CCC(C)C(NC(=O)C(C)N)C(=O)NC(Cc1cnc[nH]1)C(=O)NC(C)C(=O)O. The number of nitrogens with one attached hydrogen (secondary N) is 4. The minimum atomic E-state index is -1.20. The van der Waals surface area contributed by atoms with Gasteiger partial charge in [0.1, 0.15) is 18.1 Å². The molecule has 5 unspecified atom stereocenters. The van der Waals surface area contributed by atoms with Gasteiger partial charge in [-0.05, 0) is 19.8 Å². The van der Waals surface area contributed by atoms with Crippen LogP contribution in [0.5, 0.6) is 0 Å². The van der Waals surface area contributed by atoms with Crippen LogP contribution in [0.3, 0.4) is 0 Å². The number of aliphatic carboxylic acids is 1. The number of nitrogens with zero attached hydrogens (tertiary/aromatic N) is 1. The molecule has 1 rings (SSSR count). The van der Waals surface area contributed by atoms with E-state index >= 15 is 0 Å². The highest BCUT2D eigenvalue weighted by atomic mass is 16.4. The zero-order valence-electron chi connectivity index (χ0n) is 17.1. The Balaban J connectivity index is 3.00. The monoisotopic (exact) mass is 410 g/mol. The number of aromatic nitrogens is 2. The van der Waals surface area contributed by atoms with Crippen LogP contribution in [0.15, 0.2) is 12.5 Å². The zero-order valence-corrected chi connectivity index (χ0v) is 17.1. The third-order valence-corrected chi connectivity index (χ3v) is 4.55. The molecule has 11 nitrogen and oxygen atoms in total. The fraction of sp³-hybridized carbons (Fsp3) is 0.611. The number of hydrogen-bond acceptors (Lipinski definition) is 6. The lowest BCUT2D eigenvalue weighted by Crippen LogP contribution is -2.58. The van der Waals surface area contributed by atoms with Gasteiger partial charge in [-0.1, -0.05) is 20.3 Å². The van der Waals surface area contributed by atoms with Crippen molar-refractivity contribution < 1.29 is 24.3 Å². The number of imidazole rings is 1. The van der Waals surface area contributed by atoms with Crippen molar-refractivity contribution in [1.29, 1.82) is 0 Å². The molecule has 0 aliphatic rings. The van der Waals surface area contributed by atoms with Gasteiger partial charge < -0.3 is 31.8 Å². The minimum Gasteiger partial charge on any atom is -0.480 e. The molecule has 3 amide bonds. The predicted molar refractivity (Wildman–Crippen MR) is 104 cm³/mol. The largest absolute Gasteiger partial charge is 0.480 e. The molecule has 0 radical (unpaired) electrons. The zero-order chi connectivity index (χ0) is 22.1. The molecule has 0 fully saturated rings. The number of carboxylic acids is 1. The van der Waals surface area contributed by atoms with Gasteiger partial charge in [-0.2, -0.15) is 0 Å². The fourth-order valence-electron chi connectivity index (χ4n) is 2.45. The highest BCUT2D eigenvalue weighted by molar-refractivity contribution is 5.94. The number of carbonyl (C=O) groups excluding carboxylic acids is 3. The lowest BCUT2D eigenvalue weighted by atomic mass is 9.97. The van der Waals surface area contributed by atoms with E-state index in [4.69, 9.17) is 10.8 Å². The van der Waals surface area contributed by atoms with E-state index < -0.39 is 47.9 Å².